The van der Waals surface area contributed by atoms with Crippen LogP contribution in [0.3, 0.4) is 0 Å². The minimum atomic E-state index is -0.0252. The number of benzene rings is 2. The van der Waals surface area contributed by atoms with Gasteiger partial charge in [0.2, 0.25) is 0 Å². The zero-order valence-electron chi connectivity index (χ0n) is 15.5. The van der Waals surface area contributed by atoms with Gasteiger partial charge in [0.05, 0.1) is 11.2 Å². The molecule has 0 spiro atoms. The van der Waals surface area contributed by atoms with Crippen molar-refractivity contribution in [1.29, 1.82) is 0 Å². The molecule has 0 amide bonds. The highest BCUT2D eigenvalue weighted by Crippen LogP contribution is 2.31. The molecule has 2 heteroatoms. The Hall–Kier alpha value is -2.22. The average molecular weight is 318 g/mol. The van der Waals surface area contributed by atoms with Gasteiger partial charge in [-0.1, -0.05) is 84.0 Å². The molecule has 3 rings (SSSR count). The number of hydrogen-bond donors (Lipinski definition) is 0. The summed E-state index contributed by atoms with van der Waals surface area (Å²) in [6.07, 6.45) is 0. The Morgan fingerprint density at radius 2 is 1.29 bits per heavy atom. The average Bonchev–Trinajstić information content (AvgIpc) is 2.52. The van der Waals surface area contributed by atoms with Crippen LogP contribution < -0.4 is 0 Å². The van der Waals surface area contributed by atoms with Gasteiger partial charge < -0.3 is 0 Å². The minimum absolute atomic E-state index is 0.0252. The first-order valence-corrected chi connectivity index (χ1v) is 8.54. The normalized spacial score (nSPS) is 12.6. The second-order valence-corrected chi connectivity index (χ2v) is 8.49. The molecule has 1 aromatic heterocycles. The lowest BCUT2D eigenvalue weighted by Crippen LogP contribution is -2.15. The first-order chi connectivity index (χ1) is 11.2. The van der Waals surface area contributed by atoms with Crippen LogP contribution in [0, 0.1) is 0 Å². The Bertz CT molecular complexity index is 863. The van der Waals surface area contributed by atoms with Crippen molar-refractivity contribution in [2.24, 2.45) is 0 Å². The van der Waals surface area contributed by atoms with Gasteiger partial charge in [0, 0.05) is 16.4 Å². The second-order valence-electron chi connectivity index (χ2n) is 8.49. The molecule has 1 heterocycles. The standard InChI is InChI=1S/C22H26N2/c1-21(2,3)16-13-11-15(12-14-16)20-23-18-10-8-7-9-17(18)19(24-20)22(4,5)6/h7-14H,1-6H3. The van der Waals surface area contributed by atoms with Crippen molar-refractivity contribution in [3.05, 3.63) is 59.8 Å². The molecular formula is C22H26N2. The number of nitrogens with zero attached hydrogens (tertiary/aromatic N) is 2. The third-order valence-electron chi connectivity index (χ3n) is 4.32. The predicted molar refractivity (Wildman–Crippen MR) is 102 cm³/mol. The maximum Gasteiger partial charge on any atom is 0.160 e. The SMILES string of the molecule is CC(C)(C)c1ccc(-c2nc(C(C)(C)C)c3ccccc3n2)cc1. The lowest BCUT2D eigenvalue weighted by Gasteiger charge is -2.21. The minimum Gasteiger partial charge on any atom is -0.232 e. The van der Waals surface area contributed by atoms with Crippen LogP contribution in [0.1, 0.15) is 52.8 Å². The summed E-state index contributed by atoms with van der Waals surface area (Å²) in [6, 6.07) is 16.9. The van der Waals surface area contributed by atoms with Crippen LogP contribution in [0.15, 0.2) is 48.5 Å². The molecule has 124 valence electrons. The molecule has 0 aliphatic carbocycles. The fourth-order valence-electron chi connectivity index (χ4n) is 2.90. The molecule has 0 aliphatic rings. The van der Waals surface area contributed by atoms with Gasteiger partial charge >= 0.3 is 0 Å². The largest absolute Gasteiger partial charge is 0.232 e. The number of para-hydroxylation sites is 1. The van der Waals surface area contributed by atoms with E-state index in [1.807, 2.05) is 6.07 Å². The summed E-state index contributed by atoms with van der Waals surface area (Å²) >= 11 is 0. The van der Waals surface area contributed by atoms with E-state index in [4.69, 9.17) is 9.97 Å². The van der Waals surface area contributed by atoms with E-state index in [2.05, 4.69) is 84.0 Å². The van der Waals surface area contributed by atoms with E-state index >= 15 is 0 Å². The van der Waals surface area contributed by atoms with Gasteiger partial charge in [-0.2, -0.15) is 0 Å². The van der Waals surface area contributed by atoms with Crippen molar-refractivity contribution in [2.75, 3.05) is 0 Å². The zero-order valence-corrected chi connectivity index (χ0v) is 15.5. The van der Waals surface area contributed by atoms with Crippen molar-refractivity contribution in [1.82, 2.24) is 9.97 Å². The number of rotatable bonds is 1. The molecular weight excluding hydrogens is 292 g/mol. The fourth-order valence-corrected chi connectivity index (χ4v) is 2.90. The van der Waals surface area contributed by atoms with Crippen LogP contribution in [0.25, 0.3) is 22.3 Å². The molecule has 0 saturated heterocycles. The predicted octanol–water partition coefficient (Wildman–Crippen LogP) is 5.89. The Morgan fingerprint density at radius 3 is 1.88 bits per heavy atom. The summed E-state index contributed by atoms with van der Waals surface area (Å²) < 4.78 is 0. The third kappa shape index (κ3) is 3.19. The zero-order chi connectivity index (χ0) is 17.5. The Labute approximate surface area is 145 Å². The number of hydrogen-bond acceptors (Lipinski definition) is 2. The molecule has 0 aliphatic heterocycles. The van der Waals surface area contributed by atoms with Crippen LogP contribution in [-0.4, -0.2) is 9.97 Å². The van der Waals surface area contributed by atoms with Gasteiger partial charge in [-0.15, -0.1) is 0 Å². The maximum atomic E-state index is 4.92. The van der Waals surface area contributed by atoms with E-state index in [1.54, 1.807) is 0 Å². The van der Waals surface area contributed by atoms with Crippen molar-refractivity contribution < 1.29 is 0 Å². The highest BCUT2D eigenvalue weighted by atomic mass is 14.9. The molecule has 0 bridgehead atoms. The summed E-state index contributed by atoms with van der Waals surface area (Å²) in [6.45, 7) is 13.3. The number of aromatic nitrogens is 2. The molecule has 0 radical (unpaired) electrons. The summed E-state index contributed by atoms with van der Waals surface area (Å²) in [5, 5.41) is 1.14. The molecule has 0 saturated carbocycles. The third-order valence-corrected chi connectivity index (χ3v) is 4.32. The summed E-state index contributed by atoms with van der Waals surface area (Å²) in [4.78, 5) is 9.72. The highest BCUT2D eigenvalue weighted by molar-refractivity contribution is 5.83. The first-order valence-electron chi connectivity index (χ1n) is 8.54. The molecule has 2 nitrogen and oxygen atoms in total. The molecule has 0 atom stereocenters. The molecule has 0 fully saturated rings. The maximum absolute atomic E-state index is 4.92. The van der Waals surface area contributed by atoms with Crippen molar-refractivity contribution >= 4 is 10.9 Å². The van der Waals surface area contributed by atoms with E-state index in [-0.39, 0.29) is 10.8 Å². The molecule has 24 heavy (non-hydrogen) atoms. The van der Waals surface area contributed by atoms with Gasteiger partial charge in [0.1, 0.15) is 0 Å². The van der Waals surface area contributed by atoms with E-state index in [1.165, 1.54) is 5.56 Å². The van der Waals surface area contributed by atoms with Crippen LogP contribution in [-0.2, 0) is 10.8 Å². The van der Waals surface area contributed by atoms with Crippen LogP contribution >= 0.6 is 0 Å². The number of fused-ring (bicyclic) bond motifs is 1. The van der Waals surface area contributed by atoms with E-state index in [0.717, 1.165) is 28.0 Å². The van der Waals surface area contributed by atoms with Crippen molar-refractivity contribution in [3.63, 3.8) is 0 Å². The summed E-state index contributed by atoms with van der Waals surface area (Å²) in [7, 11) is 0. The van der Waals surface area contributed by atoms with Gasteiger partial charge in [-0.25, -0.2) is 9.97 Å². The van der Waals surface area contributed by atoms with E-state index < -0.39 is 0 Å². The fraction of sp³-hybridized carbons (Fsp3) is 0.364. The monoisotopic (exact) mass is 318 g/mol. The topological polar surface area (TPSA) is 25.8 Å². The molecule has 3 aromatic rings. The van der Waals surface area contributed by atoms with Gasteiger partial charge in [0.25, 0.3) is 0 Å². The summed E-state index contributed by atoms with van der Waals surface area (Å²) in [5.41, 5.74) is 4.62. The molecule has 2 aromatic carbocycles. The Morgan fingerprint density at radius 1 is 0.667 bits per heavy atom. The molecule has 0 N–H and O–H groups in total. The Balaban J connectivity index is 2.17. The van der Waals surface area contributed by atoms with Gasteiger partial charge in [0.15, 0.2) is 5.82 Å². The second kappa shape index (κ2) is 5.70. The van der Waals surface area contributed by atoms with Crippen LogP contribution in [0.5, 0.6) is 0 Å². The lowest BCUT2D eigenvalue weighted by molar-refractivity contribution is 0.575. The van der Waals surface area contributed by atoms with Crippen molar-refractivity contribution in [3.8, 4) is 11.4 Å². The van der Waals surface area contributed by atoms with Crippen LogP contribution in [0.2, 0.25) is 0 Å². The highest BCUT2D eigenvalue weighted by Gasteiger charge is 2.21. The summed E-state index contributed by atoms with van der Waals surface area (Å²) in [5.74, 6) is 0.805. The molecule has 0 unspecified atom stereocenters. The Kier molecular flexibility index (Phi) is 3.95. The van der Waals surface area contributed by atoms with Gasteiger partial charge in [-0.05, 0) is 17.0 Å². The van der Waals surface area contributed by atoms with Crippen LogP contribution in [0.4, 0.5) is 0 Å². The lowest BCUT2D eigenvalue weighted by atomic mass is 9.86. The first kappa shape index (κ1) is 16.6. The van der Waals surface area contributed by atoms with E-state index in [9.17, 15) is 0 Å². The van der Waals surface area contributed by atoms with Crippen molar-refractivity contribution in [2.45, 2.75) is 52.4 Å². The van der Waals surface area contributed by atoms with E-state index in [0.29, 0.717) is 0 Å². The smallest absolute Gasteiger partial charge is 0.160 e. The van der Waals surface area contributed by atoms with Gasteiger partial charge in [-0.3, -0.25) is 0 Å². The quantitative estimate of drug-likeness (QED) is 0.559.